The molecule has 1 aliphatic heterocycles. The summed E-state index contributed by atoms with van der Waals surface area (Å²) in [6.45, 7) is 2.18. The number of aromatic nitrogens is 3. The third kappa shape index (κ3) is 2.80. The molecule has 0 radical (unpaired) electrons. The van der Waals surface area contributed by atoms with Crippen LogP contribution in [0.4, 0.5) is 0 Å². The highest BCUT2D eigenvalue weighted by Crippen LogP contribution is 2.19. The van der Waals surface area contributed by atoms with Gasteiger partial charge in [0.15, 0.2) is 5.82 Å². The minimum atomic E-state index is -0.0618. The minimum Gasteiger partial charge on any atom is -0.468 e. The van der Waals surface area contributed by atoms with E-state index < -0.39 is 0 Å². The topological polar surface area (TPSA) is 75.0 Å². The first kappa shape index (κ1) is 13.9. The van der Waals surface area contributed by atoms with Gasteiger partial charge in [-0.2, -0.15) is 0 Å². The van der Waals surface area contributed by atoms with E-state index in [-0.39, 0.29) is 5.56 Å². The van der Waals surface area contributed by atoms with Crippen LogP contribution >= 0.6 is 0 Å². The van der Waals surface area contributed by atoms with Crippen LogP contribution in [0.3, 0.4) is 0 Å². The summed E-state index contributed by atoms with van der Waals surface area (Å²) in [4.78, 5) is 26.3. The molecule has 1 N–H and O–H groups in total. The number of nitrogens with one attached hydrogen (secondary N) is 1. The lowest BCUT2D eigenvalue weighted by Gasteiger charge is -2.26. The van der Waals surface area contributed by atoms with Gasteiger partial charge in [0, 0.05) is 24.8 Å². The SMILES string of the molecule is O=c1[nH]c(-c2ccccn2)nc2c1CCN(Cc1ccco1)C2. The summed E-state index contributed by atoms with van der Waals surface area (Å²) >= 11 is 0. The average molecular weight is 308 g/mol. The van der Waals surface area contributed by atoms with Crippen molar-refractivity contribution in [1.82, 2.24) is 19.9 Å². The van der Waals surface area contributed by atoms with Gasteiger partial charge < -0.3 is 9.40 Å². The van der Waals surface area contributed by atoms with E-state index >= 15 is 0 Å². The van der Waals surface area contributed by atoms with Gasteiger partial charge >= 0.3 is 0 Å². The van der Waals surface area contributed by atoms with Crippen LogP contribution in [0, 0.1) is 0 Å². The Kier molecular flexibility index (Phi) is 3.51. The molecule has 0 spiro atoms. The Morgan fingerprint density at radius 2 is 2.22 bits per heavy atom. The van der Waals surface area contributed by atoms with Crippen LogP contribution < -0.4 is 5.56 Å². The van der Waals surface area contributed by atoms with Gasteiger partial charge in [0.05, 0.1) is 18.5 Å². The Bertz CT molecular complexity index is 856. The van der Waals surface area contributed by atoms with E-state index in [1.807, 2.05) is 30.3 Å². The Morgan fingerprint density at radius 1 is 1.26 bits per heavy atom. The molecule has 6 nitrogen and oxygen atoms in total. The first-order valence-corrected chi connectivity index (χ1v) is 7.58. The van der Waals surface area contributed by atoms with Crippen LogP contribution in [-0.2, 0) is 19.5 Å². The summed E-state index contributed by atoms with van der Waals surface area (Å²) in [7, 11) is 0. The molecule has 0 saturated heterocycles. The fraction of sp³-hybridized carbons (Fsp3) is 0.235. The van der Waals surface area contributed by atoms with Gasteiger partial charge in [-0.05, 0) is 30.7 Å². The molecular weight excluding hydrogens is 292 g/mol. The lowest BCUT2D eigenvalue weighted by molar-refractivity contribution is 0.221. The van der Waals surface area contributed by atoms with Crippen molar-refractivity contribution in [2.24, 2.45) is 0 Å². The summed E-state index contributed by atoms with van der Waals surface area (Å²) < 4.78 is 5.40. The van der Waals surface area contributed by atoms with Gasteiger partial charge in [-0.25, -0.2) is 4.98 Å². The zero-order valence-corrected chi connectivity index (χ0v) is 12.5. The summed E-state index contributed by atoms with van der Waals surface area (Å²) in [5, 5.41) is 0. The van der Waals surface area contributed by atoms with Gasteiger partial charge in [0.2, 0.25) is 0 Å². The van der Waals surface area contributed by atoms with Crippen LogP contribution in [0.5, 0.6) is 0 Å². The summed E-state index contributed by atoms with van der Waals surface area (Å²) in [6.07, 6.45) is 4.06. The van der Waals surface area contributed by atoms with Crippen molar-refractivity contribution in [2.75, 3.05) is 6.54 Å². The summed E-state index contributed by atoms with van der Waals surface area (Å²) in [5.74, 6) is 1.44. The fourth-order valence-electron chi connectivity index (χ4n) is 2.88. The number of hydrogen-bond donors (Lipinski definition) is 1. The van der Waals surface area contributed by atoms with E-state index in [0.29, 0.717) is 24.5 Å². The number of rotatable bonds is 3. The molecule has 116 valence electrons. The molecule has 1 aliphatic rings. The van der Waals surface area contributed by atoms with Crippen LogP contribution in [0.2, 0.25) is 0 Å². The molecule has 0 fully saturated rings. The van der Waals surface area contributed by atoms with Crippen LogP contribution in [0.25, 0.3) is 11.5 Å². The van der Waals surface area contributed by atoms with E-state index in [1.165, 1.54) is 0 Å². The number of fused-ring (bicyclic) bond motifs is 1. The molecule has 3 aromatic rings. The third-order valence-corrected chi connectivity index (χ3v) is 4.02. The largest absolute Gasteiger partial charge is 0.468 e. The quantitative estimate of drug-likeness (QED) is 0.801. The summed E-state index contributed by atoms with van der Waals surface area (Å²) in [6, 6.07) is 9.40. The lowest BCUT2D eigenvalue weighted by Crippen LogP contribution is -2.35. The van der Waals surface area contributed by atoms with Crippen LogP contribution in [-0.4, -0.2) is 26.4 Å². The number of furan rings is 1. The Balaban J connectivity index is 1.64. The monoisotopic (exact) mass is 308 g/mol. The molecule has 0 bridgehead atoms. The second-order valence-electron chi connectivity index (χ2n) is 5.59. The predicted molar refractivity (Wildman–Crippen MR) is 84.6 cm³/mol. The van der Waals surface area contributed by atoms with Crippen molar-refractivity contribution in [1.29, 1.82) is 0 Å². The van der Waals surface area contributed by atoms with Gasteiger partial charge in [0.25, 0.3) is 5.56 Å². The zero-order valence-electron chi connectivity index (χ0n) is 12.5. The van der Waals surface area contributed by atoms with Crippen molar-refractivity contribution in [3.8, 4) is 11.5 Å². The van der Waals surface area contributed by atoms with E-state index in [4.69, 9.17) is 4.42 Å². The Hall–Kier alpha value is -2.73. The van der Waals surface area contributed by atoms with Crippen molar-refractivity contribution in [3.05, 3.63) is 70.2 Å². The molecule has 0 aromatic carbocycles. The van der Waals surface area contributed by atoms with Gasteiger partial charge in [-0.1, -0.05) is 6.07 Å². The maximum absolute atomic E-state index is 12.3. The third-order valence-electron chi connectivity index (χ3n) is 4.02. The number of hydrogen-bond acceptors (Lipinski definition) is 5. The molecule has 3 aromatic heterocycles. The zero-order chi connectivity index (χ0) is 15.6. The average Bonchev–Trinajstić information content (AvgIpc) is 3.08. The van der Waals surface area contributed by atoms with Crippen molar-refractivity contribution in [3.63, 3.8) is 0 Å². The molecule has 0 atom stereocenters. The van der Waals surface area contributed by atoms with Gasteiger partial charge in [-0.3, -0.25) is 14.7 Å². The first-order chi connectivity index (χ1) is 11.3. The highest BCUT2D eigenvalue weighted by atomic mass is 16.3. The second-order valence-corrected chi connectivity index (χ2v) is 5.59. The van der Waals surface area contributed by atoms with Crippen molar-refractivity contribution in [2.45, 2.75) is 19.5 Å². The number of H-pyrrole nitrogens is 1. The Labute approximate surface area is 132 Å². The Morgan fingerprint density at radius 3 is 3.00 bits per heavy atom. The standard InChI is InChI=1S/C17H16N4O2/c22-17-13-6-8-21(10-12-4-3-9-23-12)11-15(13)19-16(20-17)14-5-1-2-7-18-14/h1-5,7,9H,6,8,10-11H2,(H,19,20,22). The van der Waals surface area contributed by atoms with Crippen LogP contribution in [0.15, 0.2) is 52.0 Å². The van der Waals surface area contributed by atoms with Gasteiger partial charge in [0.1, 0.15) is 11.5 Å². The molecular formula is C17H16N4O2. The fourth-order valence-corrected chi connectivity index (χ4v) is 2.88. The molecule has 4 heterocycles. The highest BCUT2D eigenvalue weighted by molar-refractivity contribution is 5.49. The number of nitrogens with zero attached hydrogens (tertiary/aromatic N) is 3. The number of pyridine rings is 1. The summed E-state index contributed by atoms with van der Waals surface area (Å²) in [5.41, 5.74) is 2.22. The van der Waals surface area contributed by atoms with E-state index in [0.717, 1.165) is 30.1 Å². The van der Waals surface area contributed by atoms with E-state index in [9.17, 15) is 4.79 Å². The van der Waals surface area contributed by atoms with E-state index in [1.54, 1.807) is 12.5 Å². The molecule has 0 saturated carbocycles. The molecule has 0 amide bonds. The maximum Gasteiger partial charge on any atom is 0.254 e. The lowest BCUT2D eigenvalue weighted by atomic mass is 10.1. The first-order valence-electron chi connectivity index (χ1n) is 7.58. The second kappa shape index (κ2) is 5.81. The normalized spacial score (nSPS) is 14.6. The maximum atomic E-state index is 12.3. The van der Waals surface area contributed by atoms with Gasteiger partial charge in [-0.15, -0.1) is 0 Å². The molecule has 0 unspecified atom stereocenters. The predicted octanol–water partition coefficient (Wildman–Crippen LogP) is 1.98. The van der Waals surface area contributed by atoms with E-state index in [2.05, 4.69) is 19.9 Å². The molecule has 0 aliphatic carbocycles. The number of aromatic amines is 1. The minimum absolute atomic E-state index is 0.0618. The highest BCUT2D eigenvalue weighted by Gasteiger charge is 2.22. The molecule has 23 heavy (non-hydrogen) atoms. The smallest absolute Gasteiger partial charge is 0.254 e. The van der Waals surface area contributed by atoms with Crippen LogP contribution in [0.1, 0.15) is 17.0 Å². The van der Waals surface area contributed by atoms with Crippen molar-refractivity contribution >= 4 is 0 Å². The van der Waals surface area contributed by atoms with Crippen molar-refractivity contribution < 1.29 is 4.42 Å². The molecule has 6 heteroatoms. The molecule has 4 rings (SSSR count).